The minimum absolute atomic E-state index is 0.0861. The van der Waals surface area contributed by atoms with Crippen molar-refractivity contribution in [3.63, 3.8) is 0 Å². The second-order valence-corrected chi connectivity index (χ2v) is 9.55. The lowest BCUT2D eigenvalue weighted by Crippen LogP contribution is -2.41. The molecular weight excluding hydrogens is 486 g/mol. The maximum atomic E-state index is 13.1. The van der Waals surface area contributed by atoms with Gasteiger partial charge in [-0.15, -0.1) is 11.3 Å². The summed E-state index contributed by atoms with van der Waals surface area (Å²) in [6, 6.07) is 18.6. The molecule has 0 saturated heterocycles. The second-order valence-electron chi connectivity index (χ2n) is 6.68. The highest BCUT2D eigenvalue weighted by molar-refractivity contribution is 9.11. The SMILES string of the molecule is O=C(CN1C(=O)CC(c2ccc(Br)s2)=Nc2ccccc21)NCc1ccccc1Cl. The number of para-hydroxylation sites is 2. The number of aliphatic imine (C=N–C) groups is 1. The van der Waals surface area contributed by atoms with Crippen molar-refractivity contribution in [2.45, 2.75) is 13.0 Å². The maximum absolute atomic E-state index is 13.1. The van der Waals surface area contributed by atoms with Gasteiger partial charge in [-0.2, -0.15) is 0 Å². The van der Waals surface area contributed by atoms with Crippen LogP contribution in [0.5, 0.6) is 0 Å². The van der Waals surface area contributed by atoms with Crippen LogP contribution >= 0.6 is 38.9 Å². The average Bonchev–Trinajstić information content (AvgIpc) is 3.12. The van der Waals surface area contributed by atoms with Crippen LogP contribution in [0.3, 0.4) is 0 Å². The van der Waals surface area contributed by atoms with Crippen molar-refractivity contribution >= 4 is 67.8 Å². The number of rotatable bonds is 5. The second kappa shape index (κ2) is 9.12. The number of benzene rings is 2. The summed E-state index contributed by atoms with van der Waals surface area (Å²) >= 11 is 11.1. The first-order valence-corrected chi connectivity index (χ1v) is 11.2. The lowest BCUT2D eigenvalue weighted by atomic mass is 10.2. The van der Waals surface area contributed by atoms with Gasteiger partial charge in [-0.05, 0) is 51.8 Å². The van der Waals surface area contributed by atoms with Gasteiger partial charge < -0.3 is 10.2 Å². The Hall–Kier alpha value is -2.48. The molecule has 4 rings (SSSR count). The predicted octanol–water partition coefficient (Wildman–Crippen LogP) is 5.34. The first-order chi connectivity index (χ1) is 14.5. The molecule has 0 spiro atoms. The van der Waals surface area contributed by atoms with Gasteiger partial charge in [0.05, 0.1) is 32.2 Å². The Morgan fingerprint density at radius 1 is 1.13 bits per heavy atom. The van der Waals surface area contributed by atoms with E-state index in [1.807, 2.05) is 54.6 Å². The molecule has 1 aliphatic rings. The van der Waals surface area contributed by atoms with Crippen LogP contribution < -0.4 is 10.2 Å². The lowest BCUT2D eigenvalue weighted by Gasteiger charge is -2.22. The summed E-state index contributed by atoms with van der Waals surface area (Å²) in [4.78, 5) is 32.8. The molecule has 0 fully saturated rings. The van der Waals surface area contributed by atoms with Crippen molar-refractivity contribution in [3.05, 3.63) is 79.9 Å². The van der Waals surface area contributed by atoms with Gasteiger partial charge in [0.25, 0.3) is 0 Å². The lowest BCUT2D eigenvalue weighted by molar-refractivity contribution is -0.123. The quantitative estimate of drug-likeness (QED) is 0.512. The molecule has 3 aromatic rings. The molecule has 0 unspecified atom stereocenters. The van der Waals surface area contributed by atoms with Gasteiger partial charge in [0.1, 0.15) is 6.54 Å². The molecule has 0 aliphatic carbocycles. The van der Waals surface area contributed by atoms with Crippen molar-refractivity contribution in [1.82, 2.24) is 5.32 Å². The number of carbonyl (C=O) groups excluding carboxylic acids is 2. The van der Waals surface area contributed by atoms with Crippen LogP contribution in [0.15, 0.2) is 69.4 Å². The van der Waals surface area contributed by atoms with Gasteiger partial charge >= 0.3 is 0 Å². The zero-order chi connectivity index (χ0) is 21.1. The van der Waals surface area contributed by atoms with Crippen molar-refractivity contribution in [3.8, 4) is 0 Å². The van der Waals surface area contributed by atoms with Crippen LogP contribution in [0, 0.1) is 0 Å². The van der Waals surface area contributed by atoms with Gasteiger partial charge in [0.15, 0.2) is 0 Å². The molecular formula is C22H17BrClN3O2S. The van der Waals surface area contributed by atoms with Crippen LogP contribution in [0.2, 0.25) is 5.02 Å². The third kappa shape index (κ3) is 4.64. The summed E-state index contributed by atoms with van der Waals surface area (Å²) in [5.74, 6) is -0.434. The number of nitrogens with one attached hydrogen (secondary N) is 1. The zero-order valence-corrected chi connectivity index (χ0v) is 18.9. The number of carbonyl (C=O) groups is 2. The Balaban J connectivity index is 1.54. The molecule has 0 radical (unpaired) electrons. The Bertz CT molecular complexity index is 1140. The van der Waals surface area contributed by atoms with E-state index in [0.29, 0.717) is 28.7 Å². The monoisotopic (exact) mass is 501 g/mol. The highest BCUT2D eigenvalue weighted by Crippen LogP contribution is 2.34. The fourth-order valence-electron chi connectivity index (χ4n) is 3.16. The molecule has 1 aromatic heterocycles. The molecule has 0 saturated carbocycles. The molecule has 152 valence electrons. The highest BCUT2D eigenvalue weighted by Gasteiger charge is 2.27. The summed E-state index contributed by atoms with van der Waals surface area (Å²) in [6.07, 6.45) is 0.124. The third-order valence-corrected chi connectivity index (χ3v) is 6.68. The standard InChI is InChI=1S/C22H17BrClN3O2S/c23-20-10-9-19(30-20)17-11-22(29)27(18-8-4-3-7-16(18)26-17)13-21(28)25-12-14-5-1-2-6-15(14)24/h1-10H,11-13H2,(H,25,28). The van der Waals surface area contributed by atoms with Crippen LogP contribution in [0.1, 0.15) is 16.9 Å². The Labute approximate surface area is 191 Å². The first-order valence-electron chi connectivity index (χ1n) is 9.24. The minimum Gasteiger partial charge on any atom is -0.350 e. The van der Waals surface area contributed by atoms with Crippen molar-refractivity contribution in [2.75, 3.05) is 11.4 Å². The smallest absolute Gasteiger partial charge is 0.240 e. The number of anilines is 1. The summed E-state index contributed by atoms with van der Waals surface area (Å²) in [5.41, 5.74) is 2.81. The van der Waals surface area contributed by atoms with Crippen LogP contribution in [0.25, 0.3) is 0 Å². The molecule has 2 heterocycles. The normalized spacial score (nSPS) is 13.5. The Kier molecular flexibility index (Phi) is 6.32. The average molecular weight is 503 g/mol. The Morgan fingerprint density at radius 2 is 1.90 bits per heavy atom. The topological polar surface area (TPSA) is 61.8 Å². The molecule has 2 amide bonds. The van der Waals surface area contributed by atoms with Crippen LogP contribution in [-0.4, -0.2) is 24.1 Å². The van der Waals surface area contributed by atoms with E-state index in [4.69, 9.17) is 16.6 Å². The van der Waals surface area contributed by atoms with E-state index in [0.717, 1.165) is 14.2 Å². The summed E-state index contributed by atoms with van der Waals surface area (Å²) in [7, 11) is 0. The number of hydrogen-bond donors (Lipinski definition) is 1. The molecule has 5 nitrogen and oxygen atoms in total. The van der Waals surface area contributed by atoms with Gasteiger partial charge in [-0.1, -0.05) is 41.9 Å². The molecule has 8 heteroatoms. The molecule has 1 aliphatic heterocycles. The van der Waals surface area contributed by atoms with Gasteiger partial charge in [-0.3, -0.25) is 9.59 Å². The van der Waals surface area contributed by atoms with E-state index >= 15 is 0 Å². The van der Waals surface area contributed by atoms with E-state index in [2.05, 4.69) is 21.2 Å². The van der Waals surface area contributed by atoms with E-state index in [9.17, 15) is 9.59 Å². The minimum atomic E-state index is -0.264. The maximum Gasteiger partial charge on any atom is 0.240 e. The van der Waals surface area contributed by atoms with Gasteiger partial charge in [-0.25, -0.2) is 4.99 Å². The molecule has 0 bridgehead atoms. The fraction of sp³-hybridized carbons (Fsp3) is 0.136. The number of thiophene rings is 1. The third-order valence-electron chi connectivity index (χ3n) is 4.64. The number of amides is 2. The molecule has 0 atom stereocenters. The Morgan fingerprint density at radius 3 is 2.67 bits per heavy atom. The van der Waals surface area contributed by atoms with Crippen LogP contribution in [0.4, 0.5) is 11.4 Å². The molecule has 1 N–H and O–H groups in total. The first kappa shape index (κ1) is 20.8. The molecule has 30 heavy (non-hydrogen) atoms. The van der Waals surface area contributed by atoms with Gasteiger partial charge in [0, 0.05) is 11.6 Å². The number of nitrogens with zero attached hydrogens (tertiary/aromatic N) is 2. The van der Waals surface area contributed by atoms with Crippen molar-refractivity contribution in [2.24, 2.45) is 4.99 Å². The largest absolute Gasteiger partial charge is 0.350 e. The summed E-state index contributed by atoms with van der Waals surface area (Å²) < 4.78 is 0.973. The summed E-state index contributed by atoms with van der Waals surface area (Å²) in [6.45, 7) is 0.213. The highest BCUT2D eigenvalue weighted by atomic mass is 79.9. The molecule has 2 aromatic carbocycles. The van der Waals surface area contributed by atoms with E-state index in [1.54, 1.807) is 6.07 Å². The van der Waals surface area contributed by atoms with E-state index in [1.165, 1.54) is 16.2 Å². The van der Waals surface area contributed by atoms with Crippen molar-refractivity contribution < 1.29 is 9.59 Å². The van der Waals surface area contributed by atoms with Gasteiger partial charge in [0.2, 0.25) is 11.8 Å². The number of hydrogen-bond acceptors (Lipinski definition) is 4. The van der Waals surface area contributed by atoms with Crippen molar-refractivity contribution in [1.29, 1.82) is 0 Å². The van der Waals surface area contributed by atoms with E-state index < -0.39 is 0 Å². The zero-order valence-electron chi connectivity index (χ0n) is 15.8. The predicted molar refractivity (Wildman–Crippen MR) is 125 cm³/mol. The summed E-state index contributed by atoms with van der Waals surface area (Å²) in [5, 5.41) is 3.44. The number of fused-ring (bicyclic) bond motifs is 1. The fourth-order valence-corrected chi connectivity index (χ4v) is 4.74. The number of halogens is 2. The van der Waals surface area contributed by atoms with E-state index in [-0.39, 0.29) is 24.8 Å². The van der Waals surface area contributed by atoms with Crippen LogP contribution in [-0.2, 0) is 16.1 Å².